The first-order chi connectivity index (χ1) is 17.2. The van der Waals surface area contributed by atoms with E-state index in [9.17, 15) is 21.6 Å². The lowest BCUT2D eigenvalue weighted by atomic mass is 10.0. The zero-order chi connectivity index (χ0) is 25.4. The van der Waals surface area contributed by atoms with Crippen LogP contribution in [0.2, 0.25) is 0 Å². The van der Waals surface area contributed by atoms with Crippen LogP contribution in [0, 0.1) is 23.4 Å². The van der Waals surface area contributed by atoms with Gasteiger partial charge in [0.05, 0.1) is 28.6 Å². The number of nitrogens with zero attached hydrogens (tertiary/aromatic N) is 3. The lowest BCUT2D eigenvalue weighted by Crippen LogP contribution is -2.39. The summed E-state index contributed by atoms with van der Waals surface area (Å²) in [6, 6.07) is 6.54. The van der Waals surface area contributed by atoms with E-state index in [0.29, 0.717) is 48.3 Å². The van der Waals surface area contributed by atoms with Crippen LogP contribution < -0.4 is 0 Å². The lowest BCUT2D eigenvalue weighted by molar-refractivity contribution is 0.0960. The summed E-state index contributed by atoms with van der Waals surface area (Å²) >= 11 is 1.08. The van der Waals surface area contributed by atoms with Gasteiger partial charge in [0.1, 0.15) is 5.82 Å². The van der Waals surface area contributed by atoms with Gasteiger partial charge in [0, 0.05) is 31.0 Å². The smallest absolute Gasteiger partial charge is 0.243 e. The third kappa shape index (κ3) is 5.03. The van der Waals surface area contributed by atoms with Gasteiger partial charge in [-0.15, -0.1) is 0 Å². The van der Waals surface area contributed by atoms with Crippen LogP contribution in [-0.2, 0) is 27.1 Å². The molecule has 1 aromatic heterocycles. The van der Waals surface area contributed by atoms with Crippen molar-refractivity contribution in [2.24, 2.45) is 5.92 Å². The minimum atomic E-state index is -3.67. The molecule has 36 heavy (non-hydrogen) atoms. The van der Waals surface area contributed by atoms with Crippen molar-refractivity contribution in [3.05, 3.63) is 53.3 Å². The maximum atomic E-state index is 14.2. The van der Waals surface area contributed by atoms with Crippen molar-refractivity contribution in [2.45, 2.75) is 61.1 Å². The first-order valence-electron chi connectivity index (χ1n) is 12.1. The fourth-order valence-electron chi connectivity index (χ4n) is 4.88. The van der Waals surface area contributed by atoms with Gasteiger partial charge in [-0.05, 0) is 61.9 Å². The Labute approximate surface area is 212 Å². The van der Waals surface area contributed by atoms with E-state index in [0.717, 1.165) is 49.6 Å². The van der Waals surface area contributed by atoms with Gasteiger partial charge >= 0.3 is 0 Å². The van der Waals surface area contributed by atoms with Crippen LogP contribution in [0.25, 0.3) is 11.0 Å². The molecule has 2 aliphatic heterocycles. The van der Waals surface area contributed by atoms with Gasteiger partial charge in [0.15, 0.2) is 16.8 Å². The van der Waals surface area contributed by atoms with Gasteiger partial charge in [-0.1, -0.05) is 18.7 Å². The summed E-state index contributed by atoms with van der Waals surface area (Å²) in [5.74, 6) is -3.02. The zero-order valence-corrected chi connectivity index (χ0v) is 21.6. The number of imidazole rings is 1. The molecule has 2 fully saturated rings. The molecule has 0 aliphatic carbocycles. The summed E-state index contributed by atoms with van der Waals surface area (Å²) in [4.78, 5) is 4.81. The summed E-state index contributed by atoms with van der Waals surface area (Å²) in [6.07, 6.45) is 3.60. The zero-order valence-electron chi connectivity index (χ0n) is 19.9. The van der Waals surface area contributed by atoms with Crippen LogP contribution in [0.1, 0.15) is 38.2 Å². The fraction of sp³-hybridized carbons (Fsp3) is 0.480. The Kier molecular flexibility index (Phi) is 7.35. The number of piperidine rings is 1. The number of halogens is 3. The Morgan fingerprint density at radius 3 is 2.67 bits per heavy atom. The van der Waals surface area contributed by atoms with Crippen molar-refractivity contribution < 1.29 is 26.3 Å². The molecule has 3 aromatic rings. The Balaban J connectivity index is 1.49. The average molecular weight is 540 g/mol. The highest BCUT2D eigenvalue weighted by molar-refractivity contribution is 7.98. The van der Waals surface area contributed by atoms with E-state index in [1.54, 1.807) is 18.2 Å². The van der Waals surface area contributed by atoms with Crippen LogP contribution >= 0.6 is 11.8 Å². The summed E-state index contributed by atoms with van der Waals surface area (Å²) in [5.41, 5.74) is 0.819. The molecule has 0 bridgehead atoms. The van der Waals surface area contributed by atoms with Gasteiger partial charge in [-0.25, -0.2) is 26.6 Å². The minimum Gasteiger partial charge on any atom is -0.376 e. The second-order valence-electron chi connectivity index (χ2n) is 9.51. The predicted molar refractivity (Wildman–Crippen MR) is 132 cm³/mol. The van der Waals surface area contributed by atoms with Gasteiger partial charge in [0.25, 0.3) is 0 Å². The number of benzene rings is 2. The van der Waals surface area contributed by atoms with E-state index in [1.807, 2.05) is 11.5 Å². The standard InChI is InChI=1S/C25H28F3N3O3S2/c1-16-4-2-10-30(13-16)36(32,33)18-6-9-23-22(12-18)29-25(31(23)14-17-5-3-11-34-17)35-15-19-20(26)7-8-21(27)24(19)28/h6-9,12,16-17H,2-5,10-11,13-15H2,1H3/t16-,17-/m1/s1. The van der Waals surface area contributed by atoms with E-state index < -0.39 is 27.5 Å². The molecule has 0 N–H and O–H groups in total. The molecule has 2 saturated heterocycles. The number of thioether (sulfide) groups is 1. The molecule has 11 heteroatoms. The SMILES string of the molecule is C[C@@H]1CCCN(S(=O)(=O)c2ccc3c(c2)nc(SCc2c(F)ccc(F)c2F)n3C[C@H]2CCCO2)C1. The molecule has 0 amide bonds. The summed E-state index contributed by atoms with van der Waals surface area (Å²) in [6.45, 7) is 4.16. The van der Waals surface area contributed by atoms with Crippen molar-refractivity contribution in [3.8, 4) is 0 Å². The summed E-state index contributed by atoms with van der Waals surface area (Å²) in [5, 5.41) is 0.463. The average Bonchev–Trinajstić information content (AvgIpc) is 3.49. The highest BCUT2D eigenvalue weighted by Gasteiger charge is 2.30. The molecule has 5 rings (SSSR count). The Morgan fingerprint density at radius 1 is 1.11 bits per heavy atom. The number of ether oxygens (including phenoxy) is 1. The second kappa shape index (κ2) is 10.4. The van der Waals surface area contributed by atoms with Crippen LogP contribution in [0.3, 0.4) is 0 Å². The number of sulfonamides is 1. The van der Waals surface area contributed by atoms with Crippen molar-refractivity contribution >= 4 is 32.8 Å². The molecule has 2 aliphatic rings. The van der Waals surface area contributed by atoms with E-state index in [2.05, 4.69) is 4.98 Å². The molecule has 0 radical (unpaired) electrons. The molecular formula is C25H28F3N3O3S2. The predicted octanol–water partition coefficient (Wildman–Crippen LogP) is 5.35. The summed E-state index contributed by atoms with van der Waals surface area (Å²) in [7, 11) is -3.67. The number of rotatable bonds is 7. The highest BCUT2D eigenvalue weighted by atomic mass is 32.2. The molecule has 0 spiro atoms. The molecule has 194 valence electrons. The normalized spacial score (nSPS) is 21.4. The Morgan fingerprint density at radius 2 is 1.92 bits per heavy atom. The van der Waals surface area contributed by atoms with Crippen molar-refractivity contribution in [1.82, 2.24) is 13.9 Å². The topological polar surface area (TPSA) is 64.4 Å². The minimum absolute atomic E-state index is 0.0392. The number of aromatic nitrogens is 2. The van der Waals surface area contributed by atoms with Crippen molar-refractivity contribution in [1.29, 1.82) is 0 Å². The van der Waals surface area contributed by atoms with Gasteiger partial charge in [-0.3, -0.25) is 0 Å². The van der Waals surface area contributed by atoms with Crippen LogP contribution in [0.4, 0.5) is 13.2 Å². The van der Waals surface area contributed by atoms with E-state index in [4.69, 9.17) is 4.74 Å². The maximum absolute atomic E-state index is 14.2. The van der Waals surface area contributed by atoms with Gasteiger partial charge in [0.2, 0.25) is 10.0 Å². The Bertz CT molecular complexity index is 1370. The van der Waals surface area contributed by atoms with E-state index in [1.165, 1.54) is 4.31 Å². The lowest BCUT2D eigenvalue weighted by Gasteiger charge is -2.30. The maximum Gasteiger partial charge on any atom is 0.243 e. The molecule has 2 atom stereocenters. The first kappa shape index (κ1) is 25.6. The molecule has 3 heterocycles. The van der Waals surface area contributed by atoms with Gasteiger partial charge in [-0.2, -0.15) is 4.31 Å². The number of hydrogen-bond acceptors (Lipinski definition) is 5. The van der Waals surface area contributed by atoms with E-state index in [-0.39, 0.29) is 22.3 Å². The van der Waals surface area contributed by atoms with Gasteiger partial charge < -0.3 is 9.30 Å². The highest BCUT2D eigenvalue weighted by Crippen LogP contribution is 2.32. The first-order valence-corrected chi connectivity index (χ1v) is 14.5. The van der Waals surface area contributed by atoms with Crippen molar-refractivity contribution in [2.75, 3.05) is 19.7 Å². The summed E-state index contributed by atoms with van der Waals surface area (Å²) < 4.78 is 78.0. The molecular weight excluding hydrogens is 511 g/mol. The van der Waals surface area contributed by atoms with E-state index >= 15 is 0 Å². The quantitative estimate of drug-likeness (QED) is 0.299. The molecule has 0 unspecified atom stereocenters. The largest absolute Gasteiger partial charge is 0.376 e. The number of hydrogen-bond donors (Lipinski definition) is 0. The third-order valence-electron chi connectivity index (χ3n) is 6.84. The fourth-order valence-corrected chi connectivity index (χ4v) is 7.53. The third-order valence-corrected chi connectivity index (χ3v) is 9.70. The van der Waals surface area contributed by atoms with Crippen LogP contribution in [0.15, 0.2) is 40.4 Å². The van der Waals surface area contributed by atoms with Crippen LogP contribution in [0.5, 0.6) is 0 Å². The number of fused-ring (bicyclic) bond motifs is 1. The van der Waals surface area contributed by atoms with Crippen LogP contribution in [-0.4, -0.2) is 48.1 Å². The Hall–Kier alpha value is -2.08. The molecule has 6 nitrogen and oxygen atoms in total. The molecule has 0 saturated carbocycles. The monoisotopic (exact) mass is 539 g/mol. The molecule has 2 aromatic carbocycles. The second-order valence-corrected chi connectivity index (χ2v) is 12.4. The van der Waals surface area contributed by atoms with Crippen molar-refractivity contribution in [3.63, 3.8) is 0 Å².